The van der Waals surface area contributed by atoms with Gasteiger partial charge in [-0.05, 0) is 96.8 Å². The SMILES string of the molecule is COc1cc2c(c(O)c1C(=O)C1C(CC=C(C)C)C(C)=CCC1c1ccccc1)C=CC(C)(CCC=C(C)C)O2. The highest BCUT2D eigenvalue weighted by Gasteiger charge is 2.42. The van der Waals surface area contributed by atoms with Gasteiger partial charge in [-0.3, -0.25) is 4.79 Å². The van der Waals surface area contributed by atoms with Crippen LogP contribution in [0.4, 0.5) is 0 Å². The van der Waals surface area contributed by atoms with Crippen molar-refractivity contribution in [3.8, 4) is 17.2 Å². The molecule has 0 saturated heterocycles. The number of phenolic OH excluding ortho intramolecular Hbond substituents is 1. The smallest absolute Gasteiger partial charge is 0.174 e. The number of allylic oxidation sites excluding steroid dienone is 6. The van der Waals surface area contributed by atoms with Gasteiger partial charge in [-0.15, -0.1) is 0 Å². The lowest BCUT2D eigenvalue weighted by Crippen LogP contribution is -2.34. The Morgan fingerprint density at radius 1 is 1.12 bits per heavy atom. The first kappa shape index (κ1) is 29.5. The molecule has 2 aromatic carbocycles. The third-order valence-electron chi connectivity index (χ3n) is 8.33. The second-order valence-electron chi connectivity index (χ2n) is 12.0. The molecule has 1 aliphatic carbocycles. The molecule has 0 saturated carbocycles. The molecule has 0 fully saturated rings. The lowest BCUT2D eigenvalue weighted by molar-refractivity contribution is 0.0843. The number of Topliss-reactive ketones (excluding diaryl/α,β-unsaturated/α-hetero) is 1. The predicted molar refractivity (Wildman–Crippen MR) is 164 cm³/mol. The van der Waals surface area contributed by atoms with Crippen LogP contribution >= 0.6 is 0 Å². The molecule has 4 atom stereocenters. The predicted octanol–water partition coefficient (Wildman–Crippen LogP) is 9.22. The molecule has 1 N–H and O–H groups in total. The quantitative estimate of drug-likeness (QED) is 0.254. The standard InChI is InChI=1S/C36H44O4/c1-23(2)12-11-20-36(6)21-19-29-30(40-36)22-31(39-7)33(34(29)37)35(38)32-27(17-15-24(3)4)25(5)16-18-28(32)26-13-9-8-10-14-26/h8-10,12-16,19,21-22,27-28,32,37H,11,17-18,20H2,1-7H3. The first-order valence-electron chi connectivity index (χ1n) is 14.4. The Labute approximate surface area is 240 Å². The number of phenols is 1. The maximum absolute atomic E-state index is 14.6. The minimum Gasteiger partial charge on any atom is -0.506 e. The highest BCUT2D eigenvalue weighted by molar-refractivity contribution is 6.05. The summed E-state index contributed by atoms with van der Waals surface area (Å²) in [5, 5.41) is 11.6. The molecule has 0 aromatic heterocycles. The Morgan fingerprint density at radius 3 is 2.48 bits per heavy atom. The number of rotatable bonds is 9. The number of fused-ring (bicyclic) bond motifs is 1. The Morgan fingerprint density at radius 2 is 1.82 bits per heavy atom. The zero-order valence-corrected chi connectivity index (χ0v) is 25.1. The molecule has 4 rings (SSSR count). The number of carbonyl (C=O) groups is 1. The van der Waals surface area contributed by atoms with E-state index in [1.165, 1.54) is 16.7 Å². The van der Waals surface area contributed by atoms with E-state index in [9.17, 15) is 9.90 Å². The van der Waals surface area contributed by atoms with Gasteiger partial charge in [0.25, 0.3) is 0 Å². The van der Waals surface area contributed by atoms with Gasteiger partial charge in [0, 0.05) is 12.0 Å². The van der Waals surface area contributed by atoms with E-state index in [-0.39, 0.29) is 34.8 Å². The third kappa shape index (κ3) is 6.27. The summed E-state index contributed by atoms with van der Waals surface area (Å²) in [6.45, 7) is 12.5. The summed E-state index contributed by atoms with van der Waals surface area (Å²) < 4.78 is 12.2. The van der Waals surface area contributed by atoms with Crippen molar-refractivity contribution in [3.05, 3.63) is 94.1 Å². The normalized spacial score (nSPS) is 23.4. The molecule has 212 valence electrons. The second-order valence-corrected chi connectivity index (χ2v) is 12.0. The number of hydrogen-bond donors (Lipinski definition) is 1. The van der Waals surface area contributed by atoms with Crippen LogP contribution in [0.15, 0.2) is 77.4 Å². The monoisotopic (exact) mass is 540 g/mol. The first-order chi connectivity index (χ1) is 19.0. The van der Waals surface area contributed by atoms with E-state index in [0.717, 1.165) is 31.2 Å². The van der Waals surface area contributed by atoms with Crippen LogP contribution in [0.3, 0.4) is 0 Å². The van der Waals surface area contributed by atoms with Crippen LogP contribution in [0, 0.1) is 11.8 Å². The maximum atomic E-state index is 14.6. The van der Waals surface area contributed by atoms with E-state index in [4.69, 9.17) is 9.47 Å². The van der Waals surface area contributed by atoms with E-state index >= 15 is 0 Å². The molecule has 2 aromatic rings. The van der Waals surface area contributed by atoms with Gasteiger partial charge in [-0.2, -0.15) is 0 Å². The van der Waals surface area contributed by atoms with Crippen molar-refractivity contribution in [2.45, 2.75) is 78.7 Å². The number of benzene rings is 2. The van der Waals surface area contributed by atoms with Crippen LogP contribution in [0.25, 0.3) is 6.08 Å². The molecule has 4 unspecified atom stereocenters. The third-order valence-corrected chi connectivity index (χ3v) is 8.33. The molecule has 2 aliphatic rings. The van der Waals surface area contributed by atoms with E-state index < -0.39 is 5.60 Å². The summed E-state index contributed by atoms with van der Waals surface area (Å²) in [5.41, 5.74) is 5.12. The summed E-state index contributed by atoms with van der Waals surface area (Å²) in [6, 6.07) is 12.0. The molecule has 0 amide bonds. The van der Waals surface area contributed by atoms with E-state index in [2.05, 4.69) is 65.0 Å². The van der Waals surface area contributed by atoms with Gasteiger partial charge < -0.3 is 14.6 Å². The number of carbonyl (C=O) groups excluding carboxylic acids is 1. The summed E-state index contributed by atoms with van der Waals surface area (Å²) in [5.74, 6) is 0.406. The average Bonchev–Trinajstić information content (AvgIpc) is 2.91. The minimum atomic E-state index is -0.513. The largest absolute Gasteiger partial charge is 0.506 e. The van der Waals surface area contributed by atoms with E-state index in [0.29, 0.717) is 17.1 Å². The highest BCUT2D eigenvalue weighted by atomic mass is 16.5. The van der Waals surface area contributed by atoms with Gasteiger partial charge >= 0.3 is 0 Å². The topological polar surface area (TPSA) is 55.8 Å². The molecule has 0 spiro atoms. The molecular formula is C36H44O4. The number of ketones is 1. The molecule has 1 heterocycles. The molecule has 0 bridgehead atoms. The van der Waals surface area contributed by atoms with Crippen molar-refractivity contribution in [1.29, 1.82) is 0 Å². The fraction of sp³-hybridized carbons (Fsp3) is 0.417. The minimum absolute atomic E-state index is 0.00161. The Bertz CT molecular complexity index is 1350. The summed E-state index contributed by atoms with van der Waals surface area (Å²) in [6.07, 6.45) is 13.8. The molecule has 0 radical (unpaired) electrons. The summed E-state index contributed by atoms with van der Waals surface area (Å²) in [7, 11) is 1.55. The zero-order valence-electron chi connectivity index (χ0n) is 25.1. The average molecular weight is 541 g/mol. The van der Waals surface area contributed by atoms with Crippen molar-refractivity contribution in [2.75, 3.05) is 7.11 Å². The maximum Gasteiger partial charge on any atom is 0.174 e. The molecule has 4 heteroatoms. The number of hydrogen-bond acceptors (Lipinski definition) is 4. The molecular weight excluding hydrogens is 496 g/mol. The zero-order chi connectivity index (χ0) is 29.0. The van der Waals surface area contributed by atoms with Crippen LogP contribution < -0.4 is 9.47 Å². The molecule has 40 heavy (non-hydrogen) atoms. The van der Waals surface area contributed by atoms with Crippen LogP contribution in [0.2, 0.25) is 0 Å². The second kappa shape index (κ2) is 12.3. The fourth-order valence-corrected chi connectivity index (χ4v) is 6.05. The van der Waals surface area contributed by atoms with Crippen LogP contribution in [-0.4, -0.2) is 23.6 Å². The van der Waals surface area contributed by atoms with Gasteiger partial charge in [0.05, 0.1) is 12.7 Å². The van der Waals surface area contributed by atoms with Crippen molar-refractivity contribution in [3.63, 3.8) is 0 Å². The van der Waals surface area contributed by atoms with Crippen molar-refractivity contribution in [1.82, 2.24) is 0 Å². The summed E-state index contributed by atoms with van der Waals surface area (Å²) in [4.78, 5) is 14.6. The fourth-order valence-electron chi connectivity index (χ4n) is 6.05. The van der Waals surface area contributed by atoms with Gasteiger partial charge in [0.15, 0.2) is 5.78 Å². The van der Waals surface area contributed by atoms with Gasteiger partial charge in [0.2, 0.25) is 0 Å². The van der Waals surface area contributed by atoms with E-state index in [1.54, 1.807) is 13.2 Å². The lowest BCUT2D eigenvalue weighted by Gasteiger charge is -2.38. The van der Waals surface area contributed by atoms with Crippen molar-refractivity contribution >= 4 is 11.9 Å². The molecule has 4 nitrogen and oxygen atoms in total. The van der Waals surface area contributed by atoms with Crippen LogP contribution in [0.5, 0.6) is 17.2 Å². The Balaban J connectivity index is 1.78. The van der Waals surface area contributed by atoms with Crippen LogP contribution in [-0.2, 0) is 0 Å². The lowest BCUT2D eigenvalue weighted by atomic mass is 9.65. The Hall–Kier alpha value is -3.53. The van der Waals surface area contributed by atoms with Gasteiger partial charge in [-0.25, -0.2) is 0 Å². The summed E-state index contributed by atoms with van der Waals surface area (Å²) >= 11 is 0. The number of ether oxygens (including phenoxy) is 2. The van der Waals surface area contributed by atoms with Crippen LogP contribution in [0.1, 0.15) is 94.6 Å². The molecule has 1 aliphatic heterocycles. The first-order valence-corrected chi connectivity index (χ1v) is 14.4. The van der Waals surface area contributed by atoms with Gasteiger partial charge in [0.1, 0.15) is 28.4 Å². The van der Waals surface area contributed by atoms with Crippen molar-refractivity contribution < 1.29 is 19.4 Å². The van der Waals surface area contributed by atoms with Crippen molar-refractivity contribution in [2.24, 2.45) is 11.8 Å². The van der Waals surface area contributed by atoms with Gasteiger partial charge in [-0.1, -0.05) is 65.3 Å². The number of methoxy groups -OCH3 is 1. The van der Waals surface area contributed by atoms with E-state index in [1.807, 2.05) is 37.3 Å². The Kier molecular flexibility index (Phi) is 9.08. The highest BCUT2D eigenvalue weighted by Crippen LogP contribution is 2.49. The number of aromatic hydroxyl groups is 1.